The number of amides is 1. The van der Waals surface area contributed by atoms with Crippen molar-refractivity contribution in [2.75, 3.05) is 48.3 Å². The van der Waals surface area contributed by atoms with E-state index in [0.717, 1.165) is 44.0 Å². The Morgan fingerprint density at radius 3 is 2.50 bits per heavy atom. The summed E-state index contributed by atoms with van der Waals surface area (Å²) in [6.45, 7) is 7.30. The van der Waals surface area contributed by atoms with Crippen molar-refractivity contribution in [2.45, 2.75) is 32.1 Å². The lowest BCUT2D eigenvalue weighted by atomic mass is 9.72. The monoisotopic (exact) mass is 382 g/mol. The van der Waals surface area contributed by atoms with E-state index in [4.69, 9.17) is 5.73 Å². The third-order valence-electron chi connectivity index (χ3n) is 5.93. The number of carbonyl (C=O) groups is 1. The van der Waals surface area contributed by atoms with Crippen LogP contribution in [0.2, 0.25) is 0 Å². The summed E-state index contributed by atoms with van der Waals surface area (Å²) in [5.41, 5.74) is 9.68. The van der Waals surface area contributed by atoms with E-state index in [-0.39, 0.29) is 5.41 Å². The third kappa shape index (κ3) is 3.80. The number of anilines is 3. The van der Waals surface area contributed by atoms with Gasteiger partial charge in [-0.1, -0.05) is 29.8 Å². The molecule has 0 radical (unpaired) electrons. The summed E-state index contributed by atoms with van der Waals surface area (Å²) < 4.78 is 0. The summed E-state index contributed by atoms with van der Waals surface area (Å²) in [5.74, 6) is 1.40. The Labute approximate surface area is 167 Å². The number of hydrogen-bond acceptors (Lipinski definition) is 6. The molecule has 0 bridgehead atoms. The number of nitrogens with one attached hydrogen (secondary N) is 1. The topological polar surface area (TPSA) is 87.4 Å². The van der Waals surface area contributed by atoms with E-state index in [1.807, 2.05) is 7.05 Å². The van der Waals surface area contributed by atoms with Gasteiger partial charge in [0.25, 0.3) is 0 Å². The van der Waals surface area contributed by atoms with Crippen LogP contribution in [-0.2, 0) is 10.2 Å². The van der Waals surface area contributed by atoms with Crippen LogP contribution in [0.3, 0.4) is 0 Å². The molecule has 1 fully saturated rings. The zero-order valence-corrected chi connectivity index (χ0v) is 17.0. The van der Waals surface area contributed by atoms with Crippen LogP contribution < -0.4 is 20.9 Å². The fourth-order valence-corrected chi connectivity index (χ4v) is 3.94. The van der Waals surface area contributed by atoms with Crippen molar-refractivity contribution >= 4 is 23.7 Å². The second-order valence-electron chi connectivity index (χ2n) is 7.51. The molecule has 0 saturated carbocycles. The Morgan fingerprint density at radius 2 is 1.93 bits per heavy atom. The standard InChI is InChI=1S/C21H30N6O/c1-4-26(3)18-19(25-15-28)23-14-24-20(18)27-11-9-21(13-22,10-12-27)17-7-5-16(2)6-8-17/h5-8,14-15H,4,9-13,22H2,1-3H3,(H,23,24,25,28). The number of rotatable bonds is 7. The van der Waals surface area contributed by atoms with Gasteiger partial charge >= 0.3 is 0 Å². The molecule has 2 heterocycles. The molecule has 7 nitrogen and oxygen atoms in total. The molecule has 1 aliphatic rings. The first-order chi connectivity index (χ1) is 13.5. The minimum absolute atomic E-state index is 0.00206. The van der Waals surface area contributed by atoms with Gasteiger partial charge in [-0.05, 0) is 32.3 Å². The van der Waals surface area contributed by atoms with Gasteiger partial charge in [0.05, 0.1) is 0 Å². The first-order valence-corrected chi connectivity index (χ1v) is 9.83. The highest BCUT2D eigenvalue weighted by atomic mass is 16.1. The molecule has 1 aromatic heterocycles. The molecule has 3 rings (SSSR count). The predicted octanol–water partition coefficient (Wildman–Crippen LogP) is 2.31. The molecule has 0 aliphatic carbocycles. The zero-order valence-electron chi connectivity index (χ0n) is 17.0. The Kier molecular flexibility index (Phi) is 6.14. The van der Waals surface area contributed by atoms with Crippen LogP contribution >= 0.6 is 0 Å². The van der Waals surface area contributed by atoms with Gasteiger partial charge in [-0.15, -0.1) is 0 Å². The highest BCUT2D eigenvalue weighted by Gasteiger charge is 2.36. The average molecular weight is 383 g/mol. The van der Waals surface area contributed by atoms with Crippen molar-refractivity contribution in [1.29, 1.82) is 0 Å². The van der Waals surface area contributed by atoms with Gasteiger partial charge in [0, 0.05) is 38.6 Å². The summed E-state index contributed by atoms with van der Waals surface area (Å²) in [6, 6.07) is 8.75. The molecule has 1 aromatic carbocycles. The largest absolute Gasteiger partial charge is 0.369 e. The second-order valence-corrected chi connectivity index (χ2v) is 7.51. The maximum absolute atomic E-state index is 11.0. The number of nitrogens with zero attached hydrogens (tertiary/aromatic N) is 4. The van der Waals surface area contributed by atoms with Gasteiger partial charge in [-0.2, -0.15) is 0 Å². The fourth-order valence-electron chi connectivity index (χ4n) is 3.94. The van der Waals surface area contributed by atoms with Crippen LogP contribution in [0.4, 0.5) is 17.3 Å². The molecule has 0 spiro atoms. The lowest BCUT2D eigenvalue weighted by molar-refractivity contribution is -0.105. The minimum atomic E-state index is -0.00206. The molecule has 3 N–H and O–H groups in total. The maximum Gasteiger partial charge on any atom is 0.212 e. The molecule has 28 heavy (non-hydrogen) atoms. The van der Waals surface area contributed by atoms with Crippen LogP contribution in [0.5, 0.6) is 0 Å². The first-order valence-electron chi connectivity index (χ1n) is 9.83. The highest BCUT2D eigenvalue weighted by Crippen LogP contribution is 2.39. The molecular weight excluding hydrogens is 352 g/mol. The number of benzene rings is 1. The van der Waals surface area contributed by atoms with Crippen molar-refractivity contribution in [1.82, 2.24) is 9.97 Å². The van der Waals surface area contributed by atoms with E-state index >= 15 is 0 Å². The summed E-state index contributed by atoms with van der Waals surface area (Å²) in [4.78, 5) is 24.2. The molecule has 1 amide bonds. The van der Waals surface area contributed by atoms with Crippen LogP contribution in [0, 0.1) is 6.92 Å². The van der Waals surface area contributed by atoms with Gasteiger partial charge in [-0.3, -0.25) is 4.79 Å². The summed E-state index contributed by atoms with van der Waals surface area (Å²) in [7, 11) is 1.98. The summed E-state index contributed by atoms with van der Waals surface area (Å²) in [5, 5.41) is 2.71. The lowest BCUT2D eigenvalue weighted by Gasteiger charge is -2.43. The molecular formula is C21H30N6O. The quantitative estimate of drug-likeness (QED) is 0.715. The smallest absolute Gasteiger partial charge is 0.212 e. The van der Waals surface area contributed by atoms with E-state index in [1.54, 1.807) is 0 Å². The van der Waals surface area contributed by atoms with E-state index in [1.165, 1.54) is 17.5 Å². The van der Waals surface area contributed by atoms with E-state index in [0.29, 0.717) is 18.8 Å². The number of aryl methyl sites for hydroxylation is 1. The number of hydrogen-bond donors (Lipinski definition) is 2. The van der Waals surface area contributed by atoms with Gasteiger partial charge in [0.1, 0.15) is 12.0 Å². The van der Waals surface area contributed by atoms with Crippen molar-refractivity contribution in [3.8, 4) is 0 Å². The van der Waals surface area contributed by atoms with Crippen molar-refractivity contribution < 1.29 is 4.79 Å². The van der Waals surface area contributed by atoms with Crippen LogP contribution in [-0.4, -0.2) is 49.6 Å². The van der Waals surface area contributed by atoms with E-state index in [9.17, 15) is 4.79 Å². The molecule has 1 aliphatic heterocycles. The molecule has 7 heteroatoms. The highest BCUT2D eigenvalue weighted by molar-refractivity contribution is 5.85. The summed E-state index contributed by atoms with van der Waals surface area (Å²) in [6.07, 6.45) is 4.09. The SMILES string of the molecule is CCN(C)c1c(NC=O)ncnc1N1CCC(CN)(c2ccc(C)cc2)CC1. The average Bonchev–Trinajstić information content (AvgIpc) is 2.74. The third-order valence-corrected chi connectivity index (χ3v) is 5.93. The Morgan fingerprint density at radius 1 is 1.25 bits per heavy atom. The first kappa shape index (κ1) is 20.1. The van der Waals surface area contributed by atoms with Gasteiger partial charge in [0.15, 0.2) is 11.6 Å². The normalized spacial score (nSPS) is 15.9. The number of aromatic nitrogens is 2. The second kappa shape index (κ2) is 8.56. The van der Waals surface area contributed by atoms with Crippen molar-refractivity contribution in [3.63, 3.8) is 0 Å². The molecule has 0 unspecified atom stereocenters. The van der Waals surface area contributed by atoms with Gasteiger partial charge in [0.2, 0.25) is 6.41 Å². The summed E-state index contributed by atoms with van der Waals surface area (Å²) >= 11 is 0. The number of nitrogens with two attached hydrogens (primary N) is 1. The van der Waals surface area contributed by atoms with Crippen LogP contribution in [0.25, 0.3) is 0 Å². The van der Waals surface area contributed by atoms with E-state index < -0.39 is 0 Å². The fraction of sp³-hybridized carbons (Fsp3) is 0.476. The van der Waals surface area contributed by atoms with E-state index in [2.05, 4.69) is 63.2 Å². The minimum Gasteiger partial charge on any atom is -0.369 e. The molecule has 150 valence electrons. The Bertz CT molecular complexity index is 799. The van der Waals surface area contributed by atoms with Crippen LogP contribution in [0.15, 0.2) is 30.6 Å². The van der Waals surface area contributed by atoms with Crippen molar-refractivity contribution in [3.05, 3.63) is 41.7 Å². The van der Waals surface area contributed by atoms with Gasteiger partial charge in [-0.25, -0.2) is 9.97 Å². The molecule has 0 atom stereocenters. The number of piperidine rings is 1. The van der Waals surface area contributed by atoms with Crippen molar-refractivity contribution in [2.24, 2.45) is 5.73 Å². The zero-order chi connectivity index (χ0) is 20.1. The Balaban J connectivity index is 1.87. The molecule has 1 saturated heterocycles. The Hall–Kier alpha value is -2.67. The molecule has 2 aromatic rings. The predicted molar refractivity (Wildman–Crippen MR) is 114 cm³/mol. The maximum atomic E-state index is 11.0. The number of carbonyl (C=O) groups excluding carboxylic acids is 1. The van der Waals surface area contributed by atoms with Gasteiger partial charge < -0.3 is 20.9 Å². The van der Waals surface area contributed by atoms with Crippen LogP contribution in [0.1, 0.15) is 30.9 Å². The lowest BCUT2D eigenvalue weighted by Crippen LogP contribution is -2.47.